The maximum atomic E-state index is 12.1. The van der Waals surface area contributed by atoms with E-state index in [1.165, 1.54) is 0 Å². The minimum absolute atomic E-state index is 0.342. The molecule has 3 aliphatic rings. The van der Waals surface area contributed by atoms with Crippen molar-refractivity contribution in [2.24, 2.45) is 0 Å². The molecule has 0 aromatic heterocycles. The molecule has 1 aliphatic heterocycles. The lowest BCUT2D eigenvalue weighted by molar-refractivity contribution is -0.145. The summed E-state index contributed by atoms with van der Waals surface area (Å²) in [6, 6.07) is 14.2. The first-order valence-electron chi connectivity index (χ1n) is 11.2. The van der Waals surface area contributed by atoms with E-state index in [2.05, 4.69) is 23.5 Å². The Balaban J connectivity index is 1.43. The SMILES string of the molecule is O=C(O)C1(Nc2ccc(-c3cccc(OC4CC4)c3)c(COC3CC3)c2)CCOCC1. The van der Waals surface area contributed by atoms with Gasteiger partial charge in [-0.15, -0.1) is 0 Å². The Morgan fingerprint density at radius 2 is 1.84 bits per heavy atom. The predicted octanol–water partition coefficient (Wildman–Crippen LogP) is 4.62. The summed E-state index contributed by atoms with van der Waals surface area (Å²) in [5, 5.41) is 13.2. The van der Waals surface area contributed by atoms with Gasteiger partial charge in [0, 0.05) is 31.7 Å². The zero-order valence-corrected chi connectivity index (χ0v) is 17.6. The molecule has 0 atom stereocenters. The summed E-state index contributed by atoms with van der Waals surface area (Å²) in [5.74, 6) is 0.0591. The van der Waals surface area contributed by atoms with Gasteiger partial charge in [-0.3, -0.25) is 0 Å². The largest absolute Gasteiger partial charge is 0.490 e. The van der Waals surface area contributed by atoms with Crippen LogP contribution in [0.15, 0.2) is 42.5 Å². The molecule has 2 aliphatic carbocycles. The van der Waals surface area contributed by atoms with E-state index >= 15 is 0 Å². The highest BCUT2D eigenvalue weighted by Crippen LogP contribution is 2.35. The van der Waals surface area contributed by atoms with Gasteiger partial charge in [-0.2, -0.15) is 0 Å². The van der Waals surface area contributed by atoms with Gasteiger partial charge < -0.3 is 24.6 Å². The average Bonchev–Trinajstić information content (AvgIpc) is 3.69. The van der Waals surface area contributed by atoms with Crippen molar-refractivity contribution in [2.45, 2.75) is 62.9 Å². The second-order valence-corrected chi connectivity index (χ2v) is 8.85. The number of rotatable bonds is 9. The quantitative estimate of drug-likeness (QED) is 0.613. The number of carboxylic acids is 1. The Bertz CT molecular complexity index is 945. The van der Waals surface area contributed by atoms with Gasteiger partial charge in [0.2, 0.25) is 0 Å². The minimum atomic E-state index is -0.994. The maximum Gasteiger partial charge on any atom is 0.329 e. The van der Waals surface area contributed by atoms with Crippen LogP contribution < -0.4 is 10.1 Å². The fraction of sp³-hybridized carbons (Fsp3) is 0.480. The summed E-state index contributed by atoms with van der Waals surface area (Å²) in [6.07, 6.45) is 6.06. The molecule has 164 valence electrons. The Kier molecular flexibility index (Phi) is 5.59. The number of benzene rings is 2. The molecular weight excluding hydrogens is 394 g/mol. The van der Waals surface area contributed by atoms with E-state index in [0.29, 0.717) is 44.9 Å². The van der Waals surface area contributed by atoms with Crippen LogP contribution >= 0.6 is 0 Å². The Hall–Kier alpha value is -2.57. The zero-order chi connectivity index (χ0) is 21.3. The highest BCUT2D eigenvalue weighted by atomic mass is 16.5. The highest BCUT2D eigenvalue weighted by Gasteiger charge is 2.40. The molecular formula is C25H29NO5. The summed E-state index contributed by atoms with van der Waals surface area (Å²) in [5.41, 5.74) is 3.02. The Morgan fingerprint density at radius 1 is 1.06 bits per heavy atom. The van der Waals surface area contributed by atoms with Crippen LogP contribution in [0, 0.1) is 0 Å². The third kappa shape index (κ3) is 4.86. The standard InChI is InChI=1S/C25H29NO5/c27-24(28)25(10-12-29-13-11-25)26-19-4-9-23(18(14-19)16-30-20-5-6-20)17-2-1-3-22(15-17)31-21-7-8-21/h1-4,9,14-15,20-21,26H,5-8,10-13,16H2,(H,27,28). The lowest BCUT2D eigenvalue weighted by Crippen LogP contribution is -2.50. The lowest BCUT2D eigenvalue weighted by Gasteiger charge is -2.35. The zero-order valence-electron chi connectivity index (χ0n) is 17.6. The molecule has 31 heavy (non-hydrogen) atoms. The van der Waals surface area contributed by atoms with E-state index in [-0.39, 0.29) is 0 Å². The first-order valence-corrected chi connectivity index (χ1v) is 11.2. The molecule has 1 heterocycles. The van der Waals surface area contributed by atoms with Crippen molar-refractivity contribution in [3.05, 3.63) is 48.0 Å². The minimum Gasteiger partial charge on any atom is -0.490 e. The number of hydrogen-bond acceptors (Lipinski definition) is 5. The summed E-state index contributed by atoms with van der Waals surface area (Å²) in [7, 11) is 0. The van der Waals surface area contributed by atoms with Gasteiger partial charge in [-0.1, -0.05) is 18.2 Å². The van der Waals surface area contributed by atoms with E-state index in [1.807, 2.05) is 24.3 Å². The van der Waals surface area contributed by atoms with Crippen LogP contribution in [0.3, 0.4) is 0 Å². The fourth-order valence-corrected chi connectivity index (χ4v) is 4.02. The maximum absolute atomic E-state index is 12.1. The van der Waals surface area contributed by atoms with Crippen molar-refractivity contribution < 1.29 is 24.1 Å². The van der Waals surface area contributed by atoms with E-state index in [1.54, 1.807) is 0 Å². The van der Waals surface area contributed by atoms with Gasteiger partial charge >= 0.3 is 5.97 Å². The first kappa shape index (κ1) is 20.3. The molecule has 2 aromatic rings. The monoisotopic (exact) mass is 423 g/mol. The van der Waals surface area contributed by atoms with Gasteiger partial charge in [0.15, 0.2) is 0 Å². The molecule has 0 unspecified atom stereocenters. The van der Waals surface area contributed by atoms with E-state index in [4.69, 9.17) is 14.2 Å². The summed E-state index contributed by atoms with van der Waals surface area (Å²) >= 11 is 0. The third-order valence-corrected chi connectivity index (χ3v) is 6.22. The predicted molar refractivity (Wildman–Crippen MR) is 117 cm³/mol. The van der Waals surface area contributed by atoms with Crippen molar-refractivity contribution in [1.82, 2.24) is 0 Å². The molecule has 3 fully saturated rings. The van der Waals surface area contributed by atoms with Crippen LogP contribution in [0.2, 0.25) is 0 Å². The Morgan fingerprint density at radius 3 is 2.55 bits per heavy atom. The van der Waals surface area contributed by atoms with Crippen molar-refractivity contribution in [3.63, 3.8) is 0 Å². The smallest absolute Gasteiger partial charge is 0.329 e. The number of nitrogens with one attached hydrogen (secondary N) is 1. The second kappa shape index (κ2) is 8.52. The van der Waals surface area contributed by atoms with E-state index < -0.39 is 11.5 Å². The van der Waals surface area contributed by atoms with Gasteiger partial charge in [-0.25, -0.2) is 4.79 Å². The number of ether oxygens (including phenoxy) is 3. The summed E-state index contributed by atoms with van der Waals surface area (Å²) in [4.78, 5) is 12.1. The van der Waals surface area contributed by atoms with Gasteiger partial charge in [-0.05, 0) is 66.6 Å². The van der Waals surface area contributed by atoms with Crippen molar-refractivity contribution >= 4 is 11.7 Å². The van der Waals surface area contributed by atoms with Gasteiger partial charge in [0.1, 0.15) is 11.3 Å². The summed E-state index contributed by atoms with van der Waals surface area (Å²) < 4.78 is 17.4. The normalized spacial score (nSPS) is 20.3. The molecule has 0 bridgehead atoms. The molecule has 6 nitrogen and oxygen atoms in total. The molecule has 1 saturated heterocycles. The second-order valence-electron chi connectivity index (χ2n) is 8.85. The van der Waals surface area contributed by atoms with Crippen LogP contribution in [-0.2, 0) is 20.9 Å². The van der Waals surface area contributed by atoms with Gasteiger partial charge in [0.05, 0.1) is 18.8 Å². The van der Waals surface area contributed by atoms with Gasteiger partial charge in [0.25, 0.3) is 0 Å². The number of aliphatic carboxylic acids is 1. The first-order chi connectivity index (χ1) is 15.1. The van der Waals surface area contributed by atoms with Crippen molar-refractivity contribution in [1.29, 1.82) is 0 Å². The molecule has 2 N–H and O–H groups in total. The molecule has 6 heteroatoms. The van der Waals surface area contributed by atoms with Crippen LogP contribution in [0.1, 0.15) is 44.1 Å². The molecule has 0 amide bonds. The van der Waals surface area contributed by atoms with Crippen LogP contribution in [-0.4, -0.2) is 42.0 Å². The van der Waals surface area contributed by atoms with Crippen LogP contribution in [0.25, 0.3) is 11.1 Å². The lowest BCUT2D eigenvalue weighted by atomic mass is 9.89. The summed E-state index contributed by atoms with van der Waals surface area (Å²) in [6.45, 7) is 1.40. The molecule has 2 aromatic carbocycles. The average molecular weight is 424 g/mol. The number of anilines is 1. The Labute approximate surface area is 182 Å². The number of carbonyl (C=O) groups is 1. The molecule has 0 spiro atoms. The van der Waals surface area contributed by atoms with E-state index in [0.717, 1.165) is 53.8 Å². The topological polar surface area (TPSA) is 77.0 Å². The molecule has 0 radical (unpaired) electrons. The number of hydrogen-bond donors (Lipinski definition) is 2. The van der Waals surface area contributed by atoms with Crippen LogP contribution in [0.5, 0.6) is 5.75 Å². The third-order valence-electron chi connectivity index (χ3n) is 6.22. The molecule has 5 rings (SSSR count). The van der Waals surface area contributed by atoms with Crippen molar-refractivity contribution in [2.75, 3.05) is 18.5 Å². The molecule has 2 saturated carbocycles. The van der Waals surface area contributed by atoms with Crippen molar-refractivity contribution in [3.8, 4) is 16.9 Å². The fourth-order valence-electron chi connectivity index (χ4n) is 4.02. The van der Waals surface area contributed by atoms with Crippen LogP contribution in [0.4, 0.5) is 5.69 Å². The highest BCUT2D eigenvalue weighted by molar-refractivity contribution is 5.83. The van der Waals surface area contributed by atoms with E-state index in [9.17, 15) is 9.90 Å². The number of carboxylic acid groups (broad SMARTS) is 1.